The van der Waals surface area contributed by atoms with Crippen molar-refractivity contribution >= 4 is 5.97 Å². The van der Waals surface area contributed by atoms with Crippen LogP contribution in [0, 0.1) is 11.8 Å². The fourth-order valence-electron chi connectivity index (χ4n) is 1.34. The predicted molar refractivity (Wildman–Crippen MR) is 54.5 cm³/mol. The molecule has 1 aromatic rings. The van der Waals surface area contributed by atoms with Crippen LogP contribution in [0.3, 0.4) is 0 Å². The zero-order valence-electron chi connectivity index (χ0n) is 9.01. The number of aryl methyl sites for hydroxylation is 1. The third-order valence-corrected chi connectivity index (χ3v) is 2.09. The third-order valence-electron chi connectivity index (χ3n) is 2.09. The van der Waals surface area contributed by atoms with Crippen LogP contribution in [0.25, 0.3) is 0 Å². The van der Waals surface area contributed by atoms with Crippen LogP contribution in [-0.4, -0.2) is 15.6 Å². The standard InChI is InChI=1S/C11H10F3NO2/c1-2-3-4-5-15-6-8(10(16)17)9(7-15)11(12,13)14/h6-7H,4-5H2,1H3,(H,16,17). The Balaban J connectivity index is 3.03. The Bertz CT molecular complexity index is 477. The molecule has 0 aromatic carbocycles. The van der Waals surface area contributed by atoms with Crippen molar-refractivity contribution in [2.45, 2.75) is 26.1 Å². The molecule has 1 N–H and O–H groups in total. The third kappa shape index (κ3) is 3.28. The Labute approximate surface area is 95.9 Å². The van der Waals surface area contributed by atoms with Gasteiger partial charge in [0.2, 0.25) is 0 Å². The number of halogens is 3. The highest BCUT2D eigenvalue weighted by Crippen LogP contribution is 2.32. The van der Waals surface area contributed by atoms with Crippen LogP contribution in [0.5, 0.6) is 0 Å². The van der Waals surface area contributed by atoms with E-state index in [9.17, 15) is 18.0 Å². The highest BCUT2D eigenvalue weighted by atomic mass is 19.4. The maximum absolute atomic E-state index is 12.5. The Morgan fingerprint density at radius 3 is 2.53 bits per heavy atom. The Kier molecular flexibility index (Phi) is 3.84. The predicted octanol–water partition coefficient (Wildman–Crippen LogP) is 2.62. The van der Waals surface area contributed by atoms with Gasteiger partial charge < -0.3 is 9.67 Å². The van der Waals surface area contributed by atoms with Gasteiger partial charge in [-0.25, -0.2) is 4.79 Å². The van der Waals surface area contributed by atoms with Crippen LogP contribution in [0.2, 0.25) is 0 Å². The topological polar surface area (TPSA) is 42.2 Å². The summed E-state index contributed by atoms with van der Waals surface area (Å²) in [5.74, 6) is 3.72. The van der Waals surface area contributed by atoms with Gasteiger partial charge in [0.1, 0.15) is 0 Å². The molecule has 0 radical (unpaired) electrons. The minimum Gasteiger partial charge on any atom is -0.478 e. The molecule has 3 nitrogen and oxygen atoms in total. The summed E-state index contributed by atoms with van der Waals surface area (Å²) in [6.45, 7) is 1.86. The molecule has 0 saturated carbocycles. The minimum absolute atomic E-state index is 0.233. The molecule has 0 aliphatic carbocycles. The molecule has 92 valence electrons. The molecule has 17 heavy (non-hydrogen) atoms. The summed E-state index contributed by atoms with van der Waals surface area (Å²) < 4.78 is 38.7. The van der Waals surface area contributed by atoms with Gasteiger partial charge in [0.15, 0.2) is 0 Å². The van der Waals surface area contributed by atoms with Gasteiger partial charge in [0.05, 0.1) is 11.1 Å². The van der Waals surface area contributed by atoms with E-state index in [1.165, 1.54) is 4.57 Å². The zero-order chi connectivity index (χ0) is 13.1. The van der Waals surface area contributed by atoms with Gasteiger partial charge in [-0.15, -0.1) is 11.8 Å². The van der Waals surface area contributed by atoms with E-state index in [-0.39, 0.29) is 6.54 Å². The van der Waals surface area contributed by atoms with Crippen molar-refractivity contribution in [2.24, 2.45) is 0 Å². The van der Waals surface area contributed by atoms with Crippen molar-refractivity contribution in [3.05, 3.63) is 23.5 Å². The van der Waals surface area contributed by atoms with Crippen molar-refractivity contribution < 1.29 is 23.1 Å². The summed E-state index contributed by atoms with van der Waals surface area (Å²) in [5, 5.41) is 8.67. The maximum Gasteiger partial charge on any atom is 0.418 e. The molecule has 0 fully saturated rings. The lowest BCUT2D eigenvalue weighted by molar-refractivity contribution is -0.138. The molecular formula is C11H10F3NO2. The number of hydrogen-bond acceptors (Lipinski definition) is 1. The van der Waals surface area contributed by atoms with Gasteiger partial charge in [0, 0.05) is 25.4 Å². The molecule has 6 heteroatoms. The lowest BCUT2D eigenvalue weighted by Gasteiger charge is -2.04. The first-order chi connectivity index (χ1) is 7.86. The first-order valence-electron chi connectivity index (χ1n) is 4.76. The van der Waals surface area contributed by atoms with Crippen molar-refractivity contribution in [3.8, 4) is 11.8 Å². The quantitative estimate of drug-likeness (QED) is 0.832. The second kappa shape index (κ2) is 4.95. The number of rotatable bonds is 3. The van der Waals surface area contributed by atoms with Crippen LogP contribution in [-0.2, 0) is 12.7 Å². The molecule has 1 heterocycles. The number of carboxylic acids is 1. The van der Waals surface area contributed by atoms with E-state index in [4.69, 9.17) is 5.11 Å². The summed E-state index contributed by atoms with van der Waals surface area (Å²) in [6, 6.07) is 0. The molecule has 0 bridgehead atoms. The van der Waals surface area contributed by atoms with E-state index in [0.29, 0.717) is 6.42 Å². The number of carbonyl (C=O) groups is 1. The minimum atomic E-state index is -4.66. The normalized spacial score (nSPS) is 10.8. The van der Waals surface area contributed by atoms with Gasteiger partial charge in [-0.05, 0) is 6.92 Å². The van der Waals surface area contributed by atoms with Gasteiger partial charge in [-0.2, -0.15) is 13.2 Å². The van der Waals surface area contributed by atoms with Gasteiger partial charge in [-0.3, -0.25) is 0 Å². The molecule has 0 amide bonds. The van der Waals surface area contributed by atoms with Gasteiger partial charge in [0.25, 0.3) is 0 Å². The summed E-state index contributed by atoms with van der Waals surface area (Å²) in [6.07, 6.45) is -2.51. The van der Waals surface area contributed by atoms with E-state index < -0.39 is 23.3 Å². The van der Waals surface area contributed by atoms with Crippen LogP contribution in [0.1, 0.15) is 29.3 Å². The fraction of sp³-hybridized carbons (Fsp3) is 0.364. The molecular weight excluding hydrogens is 235 g/mol. The number of carboxylic acid groups (broad SMARTS) is 1. The summed E-state index contributed by atoms with van der Waals surface area (Å²) in [5.41, 5.74) is -1.86. The smallest absolute Gasteiger partial charge is 0.418 e. The number of alkyl halides is 3. The average Bonchev–Trinajstić information content (AvgIpc) is 2.62. The average molecular weight is 245 g/mol. The number of hydrogen-bond donors (Lipinski definition) is 1. The summed E-state index contributed by atoms with van der Waals surface area (Å²) >= 11 is 0. The molecule has 0 aliphatic rings. The van der Waals surface area contributed by atoms with Crippen molar-refractivity contribution in [3.63, 3.8) is 0 Å². The van der Waals surface area contributed by atoms with Crippen molar-refractivity contribution in [1.29, 1.82) is 0 Å². The van der Waals surface area contributed by atoms with Crippen LogP contribution in [0.4, 0.5) is 13.2 Å². The van der Waals surface area contributed by atoms with Crippen LogP contribution < -0.4 is 0 Å². The monoisotopic (exact) mass is 245 g/mol. The number of aromatic nitrogens is 1. The van der Waals surface area contributed by atoms with E-state index in [1.807, 2.05) is 0 Å². The van der Waals surface area contributed by atoms with Crippen molar-refractivity contribution in [1.82, 2.24) is 4.57 Å². The Morgan fingerprint density at radius 2 is 2.12 bits per heavy atom. The second-order valence-corrected chi connectivity index (χ2v) is 3.30. The first kappa shape index (κ1) is 13.2. The largest absolute Gasteiger partial charge is 0.478 e. The van der Waals surface area contributed by atoms with Crippen molar-refractivity contribution in [2.75, 3.05) is 0 Å². The number of nitrogens with zero attached hydrogens (tertiary/aromatic N) is 1. The summed E-state index contributed by atoms with van der Waals surface area (Å²) in [4.78, 5) is 10.7. The van der Waals surface area contributed by atoms with Crippen LogP contribution in [0.15, 0.2) is 12.4 Å². The molecule has 0 saturated heterocycles. The summed E-state index contributed by atoms with van der Waals surface area (Å²) in [7, 11) is 0. The van der Waals surface area contributed by atoms with Crippen LogP contribution >= 0.6 is 0 Å². The molecule has 0 unspecified atom stereocenters. The fourth-order valence-corrected chi connectivity index (χ4v) is 1.34. The Morgan fingerprint density at radius 1 is 1.47 bits per heavy atom. The molecule has 0 atom stereocenters. The molecule has 1 aromatic heterocycles. The van der Waals surface area contributed by atoms with E-state index in [0.717, 1.165) is 12.4 Å². The SMILES string of the molecule is CC#CCCn1cc(C(=O)O)c(C(F)(F)F)c1. The number of aromatic carboxylic acids is 1. The van der Waals surface area contributed by atoms with Gasteiger partial charge >= 0.3 is 12.1 Å². The molecule has 0 aliphatic heterocycles. The van der Waals surface area contributed by atoms with E-state index >= 15 is 0 Å². The Hall–Kier alpha value is -1.90. The first-order valence-corrected chi connectivity index (χ1v) is 4.76. The van der Waals surface area contributed by atoms with E-state index in [1.54, 1.807) is 6.92 Å². The highest BCUT2D eigenvalue weighted by molar-refractivity contribution is 5.89. The van der Waals surface area contributed by atoms with E-state index in [2.05, 4.69) is 11.8 Å². The lowest BCUT2D eigenvalue weighted by Crippen LogP contribution is -2.09. The lowest BCUT2D eigenvalue weighted by atomic mass is 10.2. The molecule has 0 spiro atoms. The maximum atomic E-state index is 12.5. The zero-order valence-corrected chi connectivity index (χ0v) is 9.01. The highest BCUT2D eigenvalue weighted by Gasteiger charge is 2.36. The van der Waals surface area contributed by atoms with Gasteiger partial charge in [-0.1, -0.05) is 0 Å². The molecule has 1 rings (SSSR count). The second-order valence-electron chi connectivity index (χ2n) is 3.30.